The average Bonchev–Trinajstić information content (AvgIpc) is 2.43. The van der Waals surface area contributed by atoms with E-state index in [0.717, 1.165) is 0 Å². The molecule has 2 aromatic rings. The van der Waals surface area contributed by atoms with Crippen LogP contribution in [0, 0.1) is 19.2 Å². The van der Waals surface area contributed by atoms with Crippen LogP contribution in [0.4, 0.5) is 0 Å². The predicted octanol–water partition coefficient (Wildman–Crippen LogP) is 2.28. The van der Waals surface area contributed by atoms with Crippen LogP contribution in [0.1, 0.15) is 33.3 Å². The molecule has 0 unspecified atom stereocenters. The van der Waals surface area contributed by atoms with E-state index in [1.807, 2.05) is 30.3 Å². The fraction of sp³-hybridized carbons (Fsp3) is 0.133. The van der Waals surface area contributed by atoms with Gasteiger partial charge in [0.25, 0.3) is 0 Å². The number of aryl methyl sites for hydroxylation is 1. The molecule has 0 spiro atoms. The van der Waals surface area contributed by atoms with Gasteiger partial charge in [-0.15, -0.1) is 0 Å². The number of nitrogens with zero attached hydrogens (tertiary/aromatic N) is 1. The largest absolute Gasteiger partial charge is 0.525 e. The molecule has 1 aromatic heterocycles. The maximum atomic E-state index is 11.1. The third-order valence-electron chi connectivity index (χ3n) is 2.34. The van der Waals surface area contributed by atoms with Crippen LogP contribution in [0.15, 0.2) is 30.3 Å². The zero-order chi connectivity index (χ0) is 15.1. The second-order valence-corrected chi connectivity index (χ2v) is 3.85. The van der Waals surface area contributed by atoms with E-state index in [4.69, 9.17) is 5.11 Å². The number of pyridine rings is 1. The van der Waals surface area contributed by atoms with Crippen LogP contribution < -0.4 is 0 Å². The number of Topliss-reactive ketones (excluding diaryl/α,β-unsaturated/α-hetero) is 1. The molecule has 1 radical (unpaired) electrons. The Bertz CT molecular complexity index is 588. The SMILES string of the molecule is CC(=O)c1c(C(=O)O)[c-]nc(C)c1O.[Y].[c-]1ccccc1. The van der Waals surface area contributed by atoms with Crippen LogP contribution in [0.25, 0.3) is 0 Å². The van der Waals surface area contributed by atoms with E-state index in [0.29, 0.717) is 0 Å². The standard InChI is InChI=1S/C9H8NO4.C6H5.Y/c1-4-8(12)7(5(2)11)6(3-10-4)9(13)14;1-2-4-6-5-3-1;/h12H,1-2H3,(H,13,14);1-5H;/q2*-1;. The van der Waals surface area contributed by atoms with Crippen molar-refractivity contribution >= 4 is 11.8 Å². The number of carboxylic acid groups (broad SMARTS) is 1. The van der Waals surface area contributed by atoms with E-state index in [1.54, 1.807) is 0 Å². The summed E-state index contributed by atoms with van der Waals surface area (Å²) in [5.41, 5.74) is -0.467. The van der Waals surface area contributed by atoms with Crippen molar-refractivity contribution in [3.63, 3.8) is 0 Å². The number of carbonyl (C=O) groups is 2. The molecule has 5 nitrogen and oxygen atoms in total. The minimum absolute atomic E-state index is 0. The van der Waals surface area contributed by atoms with Gasteiger partial charge in [-0.25, -0.2) is 0 Å². The van der Waals surface area contributed by atoms with Crippen LogP contribution in [0.3, 0.4) is 0 Å². The van der Waals surface area contributed by atoms with E-state index in [1.165, 1.54) is 13.8 Å². The third kappa shape index (κ3) is 5.73. The first-order valence-corrected chi connectivity index (χ1v) is 5.71. The van der Waals surface area contributed by atoms with Crippen molar-refractivity contribution in [1.29, 1.82) is 0 Å². The number of hydrogen-bond acceptors (Lipinski definition) is 4. The molecule has 1 heterocycles. The summed E-state index contributed by atoms with van der Waals surface area (Å²) in [6.07, 6.45) is 2.20. The Hall–Kier alpha value is -1.59. The normalized spacial score (nSPS) is 8.86. The van der Waals surface area contributed by atoms with E-state index in [9.17, 15) is 14.7 Å². The number of carboxylic acids is 1. The molecule has 1 aromatic carbocycles. The number of aromatic nitrogens is 1. The predicted molar refractivity (Wildman–Crippen MR) is 71.7 cm³/mol. The fourth-order valence-electron chi connectivity index (χ4n) is 1.39. The summed E-state index contributed by atoms with van der Waals surface area (Å²) in [6, 6.07) is 12.5. The molecule has 0 atom stereocenters. The Balaban J connectivity index is 0.000000480. The molecule has 6 heteroatoms. The van der Waals surface area contributed by atoms with Gasteiger partial charge >= 0.3 is 0 Å². The van der Waals surface area contributed by atoms with Crippen molar-refractivity contribution in [2.24, 2.45) is 0 Å². The van der Waals surface area contributed by atoms with Gasteiger partial charge in [-0.05, 0) is 29.9 Å². The first-order valence-electron chi connectivity index (χ1n) is 5.71. The molecule has 107 valence electrons. The second kappa shape index (κ2) is 9.37. The molecule has 2 N–H and O–H groups in total. The van der Waals surface area contributed by atoms with Gasteiger partial charge < -0.3 is 24.8 Å². The van der Waals surface area contributed by atoms with Gasteiger partial charge in [0.15, 0.2) is 0 Å². The smallest absolute Gasteiger partial charge is 0.249 e. The first-order chi connectivity index (χ1) is 9.45. The molecular weight excluding hydrogens is 347 g/mol. The number of benzene rings is 1. The Morgan fingerprint density at radius 1 is 1.19 bits per heavy atom. The number of aromatic carboxylic acids is 1. The Morgan fingerprint density at radius 2 is 1.76 bits per heavy atom. The molecule has 2 rings (SSSR count). The van der Waals surface area contributed by atoms with Crippen molar-refractivity contribution in [2.75, 3.05) is 0 Å². The molecule has 0 fully saturated rings. The van der Waals surface area contributed by atoms with Gasteiger partial charge in [-0.1, -0.05) is 6.92 Å². The third-order valence-corrected chi connectivity index (χ3v) is 2.34. The van der Waals surface area contributed by atoms with Crippen LogP contribution >= 0.6 is 0 Å². The molecule has 0 aliphatic rings. The van der Waals surface area contributed by atoms with Gasteiger partial charge in [-0.2, -0.15) is 36.4 Å². The van der Waals surface area contributed by atoms with Gasteiger partial charge in [-0.3, -0.25) is 0 Å². The number of ketones is 1. The van der Waals surface area contributed by atoms with E-state index < -0.39 is 23.1 Å². The maximum Gasteiger partial charge on any atom is 0.249 e. The average molecular weight is 360 g/mol. The van der Waals surface area contributed by atoms with E-state index >= 15 is 0 Å². The first kappa shape index (κ1) is 19.4. The number of aromatic hydroxyl groups is 1. The van der Waals surface area contributed by atoms with Crippen molar-refractivity contribution in [3.8, 4) is 5.75 Å². The van der Waals surface area contributed by atoms with Gasteiger partial charge in [0, 0.05) is 32.7 Å². The van der Waals surface area contributed by atoms with Crippen LogP contribution in [0.2, 0.25) is 0 Å². The van der Waals surface area contributed by atoms with Crippen molar-refractivity contribution in [3.05, 3.63) is 59.4 Å². The minimum atomic E-state index is -1.34. The van der Waals surface area contributed by atoms with Crippen molar-refractivity contribution in [1.82, 2.24) is 4.98 Å². The molecule has 21 heavy (non-hydrogen) atoms. The van der Waals surface area contributed by atoms with Crippen molar-refractivity contribution < 1.29 is 52.5 Å². The summed E-state index contributed by atoms with van der Waals surface area (Å²) in [5, 5.41) is 18.1. The summed E-state index contributed by atoms with van der Waals surface area (Å²) >= 11 is 0. The number of rotatable bonds is 2. The topological polar surface area (TPSA) is 87.5 Å². The fourth-order valence-corrected chi connectivity index (χ4v) is 1.39. The summed E-state index contributed by atoms with van der Waals surface area (Å²) in [6.45, 7) is 2.64. The molecule has 0 aliphatic carbocycles. The van der Waals surface area contributed by atoms with Gasteiger partial charge in [0.1, 0.15) is 5.78 Å². The summed E-state index contributed by atoms with van der Waals surface area (Å²) in [4.78, 5) is 25.3. The van der Waals surface area contributed by atoms with Crippen LogP contribution in [-0.4, -0.2) is 26.9 Å². The molecule has 0 amide bonds. The molecular formula is C15H13NO4Y-2. The van der Waals surface area contributed by atoms with E-state index in [-0.39, 0.29) is 44.0 Å². The zero-order valence-corrected chi connectivity index (χ0v) is 14.5. The van der Waals surface area contributed by atoms with Crippen LogP contribution in [0.5, 0.6) is 5.75 Å². The second-order valence-electron chi connectivity index (χ2n) is 3.85. The van der Waals surface area contributed by atoms with Crippen molar-refractivity contribution in [2.45, 2.75) is 13.8 Å². The Morgan fingerprint density at radius 3 is 2.10 bits per heavy atom. The number of hydrogen-bond donors (Lipinski definition) is 2. The van der Waals surface area contributed by atoms with E-state index in [2.05, 4.69) is 17.2 Å². The summed E-state index contributed by atoms with van der Waals surface area (Å²) in [7, 11) is 0. The van der Waals surface area contributed by atoms with Crippen LogP contribution in [-0.2, 0) is 32.7 Å². The Labute approximate surface area is 147 Å². The Kier molecular flexibility index (Phi) is 8.66. The molecule has 0 saturated heterocycles. The zero-order valence-electron chi connectivity index (χ0n) is 11.6. The monoisotopic (exact) mass is 360 g/mol. The quantitative estimate of drug-likeness (QED) is 0.634. The number of carbonyl (C=O) groups excluding carboxylic acids is 1. The van der Waals surface area contributed by atoms with Gasteiger partial charge in [0.2, 0.25) is 5.97 Å². The summed E-state index contributed by atoms with van der Waals surface area (Å²) in [5.74, 6) is -2.26. The molecule has 0 aliphatic heterocycles. The maximum absolute atomic E-state index is 11.1. The van der Waals surface area contributed by atoms with Gasteiger partial charge in [0.05, 0.1) is 5.75 Å². The molecule has 0 bridgehead atoms. The minimum Gasteiger partial charge on any atom is -0.525 e. The molecule has 0 saturated carbocycles. The summed E-state index contributed by atoms with van der Waals surface area (Å²) < 4.78 is 0.